The van der Waals surface area contributed by atoms with Crippen LogP contribution in [0.25, 0.3) is 27.9 Å². The summed E-state index contributed by atoms with van der Waals surface area (Å²) >= 11 is 6.39. The summed E-state index contributed by atoms with van der Waals surface area (Å²) in [6.45, 7) is 7.87. The largest absolute Gasteiger partial charge is 0.388 e. The van der Waals surface area contributed by atoms with Gasteiger partial charge in [0, 0.05) is 59.8 Å². The molecule has 0 atom stereocenters. The third-order valence-electron chi connectivity index (χ3n) is 5.26. The van der Waals surface area contributed by atoms with Crippen LogP contribution < -0.4 is 16.0 Å². The van der Waals surface area contributed by atoms with Gasteiger partial charge in [0.1, 0.15) is 11.5 Å². The van der Waals surface area contributed by atoms with E-state index in [1.165, 1.54) is 0 Å². The zero-order valence-electron chi connectivity index (χ0n) is 19.3. The monoisotopic (exact) mass is 471 g/mol. The molecule has 7 nitrogen and oxygen atoms in total. The van der Waals surface area contributed by atoms with E-state index in [1.807, 2.05) is 66.9 Å². The number of fused-ring (bicyclic) bond motifs is 1. The average Bonchev–Trinajstić information content (AvgIpc) is 3.24. The van der Waals surface area contributed by atoms with E-state index < -0.39 is 0 Å². The van der Waals surface area contributed by atoms with Crippen LogP contribution in [0.4, 0.5) is 17.5 Å². The van der Waals surface area contributed by atoms with Gasteiger partial charge < -0.3 is 20.9 Å². The second-order valence-corrected chi connectivity index (χ2v) is 8.48. The highest BCUT2D eigenvalue weighted by Crippen LogP contribution is 2.34. The van der Waals surface area contributed by atoms with Crippen molar-refractivity contribution < 1.29 is 0 Å². The van der Waals surface area contributed by atoms with Crippen LogP contribution in [-0.2, 0) is 0 Å². The molecule has 1 aromatic carbocycles. The first-order valence-electron chi connectivity index (χ1n) is 10.8. The lowest BCUT2D eigenvalue weighted by Gasteiger charge is -2.20. The lowest BCUT2D eigenvalue weighted by molar-refractivity contribution is 0.704. The number of H-pyrrole nitrogens is 1. The number of para-hydroxylation sites is 1. The van der Waals surface area contributed by atoms with E-state index in [0.29, 0.717) is 22.6 Å². The summed E-state index contributed by atoms with van der Waals surface area (Å²) in [5.41, 5.74) is 13.9. The molecule has 0 radical (unpaired) electrons. The molecule has 4 rings (SSSR count). The van der Waals surface area contributed by atoms with Crippen molar-refractivity contribution in [3.8, 4) is 11.3 Å². The van der Waals surface area contributed by atoms with Gasteiger partial charge in [-0.3, -0.25) is 0 Å². The molecule has 8 heteroatoms. The molecule has 3 heterocycles. The lowest BCUT2D eigenvalue weighted by atomic mass is 10.0. The molecular formula is C26H26ClN7. The van der Waals surface area contributed by atoms with Crippen LogP contribution in [0.15, 0.2) is 73.4 Å². The number of hydrogen-bond donors (Lipinski definition) is 3. The van der Waals surface area contributed by atoms with Crippen LogP contribution in [0.2, 0.25) is 5.02 Å². The van der Waals surface area contributed by atoms with Gasteiger partial charge in [0.25, 0.3) is 0 Å². The van der Waals surface area contributed by atoms with Crippen LogP contribution in [0.1, 0.15) is 19.4 Å². The minimum atomic E-state index is 0.168. The van der Waals surface area contributed by atoms with E-state index in [9.17, 15) is 0 Å². The molecule has 172 valence electrons. The Morgan fingerprint density at radius 3 is 2.79 bits per heavy atom. The van der Waals surface area contributed by atoms with Gasteiger partial charge in [0.15, 0.2) is 0 Å². The van der Waals surface area contributed by atoms with Crippen molar-refractivity contribution in [1.82, 2.24) is 25.3 Å². The number of nitrogens with two attached hydrogens (primary N) is 1. The average molecular weight is 472 g/mol. The third-order valence-corrected chi connectivity index (χ3v) is 5.58. The molecule has 0 spiro atoms. The molecule has 0 unspecified atom stereocenters. The van der Waals surface area contributed by atoms with E-state index in [2.05, 4.69) is 57.5 Å². The van der Waals surface area contributed by atoms with Gasteiger partial charge >= 0.3 is 0 Å². The molecule has 0 fully saturated rings. The Labute approximate surface area is 203 Å². The van der Waals surface area contributed by atoms with Crippen molar-refractivity contribution in [3.05, 3.63) is 84.0 Å². The number of rotatable bonds is 7. The van der Waals surface area contributed by atoms with E-state index in [-0.39, 0.29) is 5.95 Å². The number of nitrogens with one attached hydrogen (secondary N) is 2. The Bertz CT molecular complexity index is 1410. The van der Waals surface area contributed by atoms with Crippen molar-refractivity contribution in [1.29, 1.82) is 0 Å². The summed E-state index contributed by atoms with van der Waals surface area (Å²) < 4.78 is 0. The van der Waals surface area contributed by atoms with E-state index in [0.717, 1.165) is 33.4 Å². The maximum Gasteiger partial charge on any atom is 0.222 e. The van der Waals surface area contributed by atoms with Crippen LogP contribution in [0, 0.1) is 0 Å². The van der Waals surface area contributed by atoms with Gasteiger partial charge in [-0.1, -0.05) is 30.3 Å². The van der Waals surface area contributed by atoms with Gasteiger partial charge in [-0.25, -0.2) is 9.97 Å². The fraction of sp³-hybridized carbons (Fsp3) is 0.154. The molecule has 0 aliphatic carbocycles. The number of hydrogen-bond acceptors (Lipinski definition) is 6. The minimum Gasteiger partial charge on any atom is -0.388 e. The first-order chi connectivity index (χ1) is 16.4. The quantitative estimate of drug-likeness (QED) is 0.236. The Hall–Kier alpha value is -4.06. The van der Waals surface area contributed by atoms with Gasteiger partial charge in [0.05, 0.1) is 16.4 Å². The predicted molar refractivity (Wildman–Crippen MR) is 141 cm³/mol. The number of aromatic amines is 1. The van der Waals surface area contributed by atoms with Gasteiger partial charge in [-0.05, 0) is 38.1 Å². The SMILES string of the molecule is C=C=C/C(=C\NC(C)C)c1cnc2[nH]cc(-c3cc(N(C)c4ccccc4Cl)nc(N)n3)c2c1. The Morgan fingerprint density at radius 1 is 1.26 bits per heavy atom. The second kappa shape index (κ2) is 9.83. The van der Waals surface area contributed by atoms with E-state index >= 15 is 0 Å². The zero-order chi connectivity index (χ0) is 24.2. The molecule has 0 aliphatic rings. The highest BCUT2D eigenvalue weighted by atomic mass is 35.5. The molecule has 0 saturated carbocycles. The van der Waals surface area contributed by atoms with Crippen molar-refractivity contribution in [2.24, 2.45) is 0 Å². The van der Waals surface area contributed by atoms with Gasteiger partial charge in [0.2, 0.25) is 5.95 Å². The summed E-state index contributed by atoms with van der Waals surface area (Å²) in [6, 6.07) is 11.8. The zero-order valence-corrected chi connectivity index (χ0v) is 20.1. The molecule has 3 aromatic heterocycles. The van der Waals surface area contributed by atoms with E-state index in [4.69, 9.17) is 17.3 Å². The normalized spacial score (nSPS) is 11.5. The summed E-state index contributed by atoms with van der Waals surface area (Å²) in [5.74, 6) is 0.798. The third kappa shape index (κ3) is 4.81. The number of nitrogens with zero attached hydrogens (tertiary/aromatic N) is 4. The summed E-state index contributed by atoms with van der Waals surface area (Å²) in [6.07, 6.45) is 7.46. The highest BCUT2D eigenvalue weighted by Gasteiger charge is 2.16. The molecule has 4 N–H and O–H groups in total. The highest BCUT2D eigenvalue weighted by molar-refractivity contribution is 6.33. The molecule has 0 aliphatic heterocycles. The summed E-state index contributed by atoms with van der Waals surface area (Å²) in [5, 5.41) is 4.85. The Kier molecular flexibility index (Phi) is 6.68. The van der Waals surface area contributed by atoms with Crippen molar-refractivity contribution in [2.45, 2.75) is 19.9 Å². The van der Waals surface area contributed by atoms with Gasteiger partial charge in [-0.2, -0.15) is 4.98 Å². The van der Waals surface area contributed by atoms with Crippen molar-refractivity contribution >= 4 is 45.7 Å². The van der Waals surface area contributed by atoms with Crippen LogP contribution in [0.5, 0.6) is 0 Å². The van der Waals surface area contributed by atoms with E-state index in [1.54, 1.807) is 0 Å². The fourth-order valence-corrected chi connectivity index (χ4v) is 3.82. The maximum absolute atomic E-state index is 6.39. The Morgan fingerprint density at radius 2 is 2.06 bits per heavy atom. The number of aromatic nitrogens is 4. The smallest absolute Gasteiger partial charge is 0.222 e. The first kappa shape index (κ1) is 23.1. The van der Waals surface area contributed by atoms with Crippen molar-refractivity contribution in [2.75, 3.05) is 17.7 Å². The number of benzene rings is 1. The number of anilines is 3. The number of halogens is 1. The Balaban J connectivity index is 1.80. The molecule has 0 bridgehead atoms. The predicted octanol–water partition coefficient (Wildman–Crippen LogP) is 5.70. The maximum atomic E-state index is 6.39. The van der Waals surface area contributed by atoms with Crippen LogP contribution in [-0.4, -0.2) is 33.0 Å². The molecular weight excluding hydrogens is 446 g/mol. The number of allylic oxidation sites excluding steroid dienone is 2. The molecule has 0 amide bonds. The molecule has 34 heavy (non-hydrogen) atoms. The number of nitrogen functional groups attached to an aromatic ring is 1. The molecule has 0 saturated heterocycles. The molecule has 4 aromatic rings. The summed E-state index contributed by atoms with van der Waals surface area (Å²) in [4.78, 5) is 18.6. The standard InChI is InChI=1S/C26H26ClN7/c1-5-8-17(13-29-16(2)3)18-11-19-20(15-31-25(19)30-14-18)22-12-24(33-26(28)32-22)34(4)23-10-7-6-9-21(23)27/h6-16,29H,1H2,2-4H3,(H,30,31)(H2,28,32,33)/b17-13+. The fourth-order valence-electron chi connectivity index (χ4n) is 3.56. The number of pyridine rings is 1. The first-order valence-corrected chi connectivity index (χ1v) is 11.2. The van der Waals surface area contributed by atoms with Gasteiger partial charge in [-0.15, -0.1) is 5.73 Å². The lowest BCUT2D eigenvalue weighted by Crippen LogP contribution is -2.15. The van der Waals surface area contributed by atoms with Crippen molar-refractivity contribution in [3.63, 3.8) is 0 Å². The summed E-state index contributed by atoms with van der Waals surface area (Å²) in [7, 11) is 1.89. The van der Waals surface area contributed by atoms with Crippen LogP contribution in [0.3, 0.4) is 0 Å². The van der Waals surface area contributed by atoms with Crippen LogP contribution >= 0.6 is 11.6 Å². The topological polar surface area (TPSA) is 95.8 Å². The second-order valence-electron chi connectivity index (χ2n) is 8.07. The minimum absolute atomic E-state index is 0.168.